The van der Waals surface area contributed by atoms with Crippen LogP contribution in [0.1, 0.15) is 12.5 Å². The van der Waals surface area contributed by atoms with Crippen LogP contribution in [0.2, 0.25) is 0 Å². The number of rotatable bonds is 1. The normalized spacial score (nSPS) is 22.7. The van der Waals surface area contributed by atoms with Gasteiger partial charge >= 0.3 is 12.1 Å². The maximum absolute atomic E-state index is 12.5. The summed E-state index contributed by atoms with van der Waals surface area (Å²) in [4.78, 5) is 11.0. The molecule has 0 amide bonds. The molecular weight excluding hydrogens is 251 g/mol. The molecular formula is C11H10F3NO3. The SMILES string of the molecule is CC1(C(=O)O)CNc2cc(C(F)(F)F)ccc2O1. The highest BCUT2D eigenvalue weighted by atomic mass is 19.4. The minimum absolute atomic E-state index is 0.0964. The van der Waals surface area contributed by atoms with Crippen LogP contribution in [-0.4, -0.2) is 23.2 Å². The van der Waals surface area contributed by atoms with Crippen LogP contribution in [0.5, 0.6) is 5.75 Å². The lowest BCUT2D eigenvalue weighted by atomic mass is 10.0. The highest BCUT2D eigenvalue weighted by Crippen LogP contribution is 2.38. The van der Waals surface area contributed by atoms with Crippen LogP contribution in [0.15, 0.2) is 18.2 Å². The Kier molecular flexibility index (Phi) is 2.64. The number of ether oxygens (including phenoxy) is 1. The molecule has 0 fully saturated rings. The van der Waals surface area contributed by atoms with E-state index in [9.17, 15) is 18.0 Å². The van der Waals surface area contributed by atoms with Gasteiger partial charge in [-0.15, -0.1) is 0 Å². The van der Waals surface area contributed by atoms with E-state index in [1.165, 1.54) is 6.92 Å². The Morgan fingerprint density at radius 3 is 2.72 bits per heavy atom. The first kappa shape index (κ1) is 12.5. The van der Waals surface area contributed by atoms with Crippen molar-refractivity contribution in [2.75, 3.05) is 11.9 Å². The zero-order valence-electron chi connectivity index (χ0n) is 9.34. The van der Waals surface area contributed by atoms with Gasteiger partial charge in [-0.2, -0.15) is 13.2 Å². The fraction of sp³-hybridized carbons (Fsp3) is 0.364. The van der Waals surface area contributed by atoms with Crippen molar-refractivity contribution in [2.24, 2.45) is 0 Å². The van der Waals surface area contributed by atoms with E-state index in [1.807, 2.05) is 0 Å². The van der Waals surface area contributed by atoms with Gasteiger partial charge < -0.3 is 15.2 Å². The summed E-state index contributed by atoms with van der Waals surface area (Å²) in [6.45, 7) is 1.25. The second-order valence-corrected chi connectivity index (χ2v) is 4.20. The van der Waals surface area contributed by atoms with Crippen molar-refractivity contribution in [1.82, 2.24) is 0 Å². The number of halogens is 3. The van der Waals surface area contributed by atoms with Crippen molar-refractivity contribution in [3.63, 3.8) is 0 Å². The number of carboxylic acids is 1. The lowest BCUT2D eigenvalue weighted by molar-refractivity contribution is -0.153. The van der Waals surface area contributed by atoms with Gasteiger partial charge in [0.15, 0.2) is 0 Å². The number of anilines is 1. The van der Waals surface area contributed by atoms with Crippen LogP contribution < -0.4 is 10.1 Å². The van der Waals surface area contributed by atoms with Crippen LogP contribution in [0.4, 0.5) is 18.9 Å². The van der Waals surface area contributed by atoms with E-state index in [2.05, 4.69) is 5.32 Å². The summed E-state index contributed by atoms with van der Waals surface area (Å²) in [6, 6.07) is 2.87. The van der Waals surface area contributed by atoms with Crippen molar-refractivity contribution < 1.29 is 27.8 Å². The van der Waals surface area contributed by atoms with Crippen LogP contribution in [0, 0.1) is 0 Å². The fourth-order valence-electron chi connectivity index (χ4n) is 1.60. The molecule has 1 heterocycles. The third-order valence-corrected chi connectivity index (χ3v) is 2.71. The molecule has 1 aliphatic heterocycles. The van der Waals surface area contributed by atoms with E-state index in [-0.39, 0.29) is 18.0 Å². The van der Waals surface area contributed by atoms with Gasteiger partial charge in [0.25, 0.3) is 0 Å². The lowest BCUT2D eigenvalue weighted by Gasteiger charge is -2.33. The largest absolute Gasteiger partial charge is 0.478 e. The molecule has 18 heavy (non-hydrogen) atoms. The molecule has 1 aromatic carbocycles. The van der Waals surface area contributed by atoms with Gasteiger partial charge in [-0.25, -0.2) is 4.79 Å². The first-order valence-electron chi connectivity index (χ1n) is 5.10. The van der Waals surface area contributed by atoms with Gasteiger partial charge in [-0.1, -0.05) is 0 Å². The molecule has 0 spiro atoms. The number of carbonyl (C=O) groups is 1. The Bertz CT molecular complexity index is 501. The Morgan fingerprint density at radius 2 is 2.17 bits per heavy atom. The van der Waals surface area contributed by atoms with E-state index in [0.717, 1.165) is 18.2 Å². The molecule has 98 valence electrons. The van der Waals surface area contributed by atoms with Gasteiger partial charge in [-0.05, 0) is 25.1 Å². The molecule has 0 saturated heterocycles. The number of nitrogens with one attached hydrogen (secondary N) is 1. The molecule has 1 aromatic rings. The topological polar surface area (TPSA) is 58.6 Å². The van der Waals surface area contributed by atoms with E-state index >= 15 is 0 Å². The van der Waals surface area contributed by atoms with Crippen molar-refractivity contribution in [1.29, 1.82) is 0 Å². The van der Waals surface area contributed by atoms with E-state index in [4.69, 9.17) is 9.84 Å². The molecule has 2 rings (SSSR count). The lowest BCUT2D eigenvalue weighted by Crippen LogP contribution is -2.49. The van der Waals surface area contributed by atoms with Crippen molar-refractivity contribution in [3.05, 3.63) is 23.8 Å². The molecule has 4 nitrogen and oxygen atoms in total. The summed E-state index contributed by atoms with van der Waals surface area (Å²) in [5.41, 5.74) is -2.15. The van der Waals surface area contributed by atoms with Gasteiger partial charge in [0.05, 0.1) is 17.8 Å². The Hall–Kier alpha value is -1.92. The van der Waals surface area contributed by atoms with Crippen molar-refractivity contribution in [2.45, 2.75) is 18.7 Å². The highest BCUT2D eigenvalue weighted by Gasteiger charge is 2.40. The van der Waals surface area contributed by atoms with E-state index in [0.29, 0.717) is 0 Å². The molecule has 1 aliphatic rings. The van der Waals surface area contributed by atoms with Crippen LogP contribution >= 0.6 is 0 Å². The maximum atomic E-state index is 12.5. The number of aliphatic carboxylic acids is 1. The number of hydrogen-bond acceptors (Lipinski definition) is 3. The summed E-state index contributed by atoms with van der Waals surface area (Å²) in [5.74, 6) is -1.08. The minimum Gasteiger partial charge on any atom is -0.478 e. The summed E-state index contributed by atoms with van der Waals surface area (Å²) < 4.78 is 42.6. The molecule has 0 saturated carbocycles. The molecule has 0 aromatic heterocycles. The Morgan fingerprint density at radius 1 is 1.50 bits per heavy atom. The monoisotopic (exact) mass is 261 g/mol. The quantitative estimate of drug-likeness (QED) is 0.814. The summed E-state index contributed by atoms with van der Waals surface area (Å²) >= 11 is 0. The number of carboxylic acid groups (broad SMARTS) is 1. The standard InChI is InChI=1S/C11H10F3NO3/c1-10(9(16)17)5-15-7-4-6(11(12,13)14)2-3-8(7)18-10/h2-4,15H,5H2,1H3,(H,16,17). The zero-order chi connectivity index (χ0) is 13.6. The first-order valence-corrected chi connectivity index (χ1v) is 5.10. The van der Waals surface area contributed by atoms with Gasteiger partial charge in [0.2, 0.25) is 5.60 Å². The molecule has 1 unspecified atom stereocenters. The van der Waals surface area contributed by atoms with Gasteiger partial charge in [0, 0.05) is 0 Å². The minimum atomic E-state index is -4.44. The van der Waals surface area contributed by atoms with E-state index in [1.54, 1.807) is 0 Å². The number of benzene rings is 1. The second-order valence-electron chi connectivity index (χ2n) is 4.20. The molecule has 0 aliphatic carbocycles. The average molecular weight is 261 g/mol. The molecule has 7 heteroatoms. The number of fused-ring (bicyclic) bond motifs is 1. The van der Waals surface area contributed by atoms with Gasteiger partial charge in [-0.3, -0.25) is 0 Å². The van der Waals surface area contributed by atoms with Crippen molar-refractivity contribution in [3.8, 4) is 5.75 Å². The number of hydrogen-bond donors (Lipinski definition) is 2. The Balaban J connectivity index is 2.35. The second kappa shape index (κ2) is 3.79. The maximum Gasteiger partial charge on any atom is 0.416 e. The zero-order valence-corrected chi connectivity index (χ0v) is 9.34. The third kappa shape index (κ3) is 2.07. The Labute approximate surface area is 100 Å². The predicted molar refractivity (Wildman–Crippen MR) is 56.6 cm³/mol. The molecule has 0 radical (unpaired) electrons. The van der Waals surface area contributed by atoms with Gasteiger partial charge in [0.1, 0.15) is 5.75 Å². The predicted octanol–water partition coefficient (Wildman–Crippen LogP) is 2.35. The average Bonchev–Trinajstić information content (AvgIpc) is 2.26. The van der Waals surface area contributed by atoms with E-state index < -0.39 is 23.3 Å². The summed E-state index contributed by atoms with van der Waals surface area (Å²) in [5, 5.41) is 11.6. The fourth-order valence-corrected chi connectivity index (χ4v) is 1.60. The summed E-state index contributed by atoms with van der Waals surface area (Å²) in [7, 11) is 0. The van der Waals surface area contributed by atoms with Crippen LogP contribution in [0.3, 0.4) is 0 Å². The molecule has 1 atom stereocenters. The smallest absolute Gasteiger partial charge is 0.416 e. The van der Waals surface area contributed by atoms with Crippen LogP contribution in [0.25, 0.3) is 0 Å². The third-order valence-electron chi connectivity index (χ3n) is 2.71. The number of alkyl halides is 3. The molecule has 0 bridgehead atoms. The van der Waals surface area contributed by atoms with Crippen molar-refractivity contribution >= 4 is 11.7 Å². The summed E-state index contributed by atoms with van der Waals surface area (Å²) in [6.07, 6.45) is -4.44. The van der Waals surface area contributed by atoms with Crippen LogP contribution in [-0.2, 0) is 11.0 Å². The first-order chi connectivity index (χ1) is 8.22. The molecule has 2 N–H and O–H groups in total. The highest BCUT2D eigenvalue weighted by molar-refractivity contribution is 5.80.